The zero-order valence-electron chi connectivity index (χ0n) is 14.7. The lowest BCUT2D eigenvalue weighted by Crippen LogP contribution is -2.38. The second kappa shape index (κ2) is 7.69. The van der Waals surface area contributed by atoms with Gasteiger partial charge in [-0.25, -0.2) is 0 Å². The van der Waals surface area contributed by atoms with Crippen molar-refractivity contribution in [2.45, 2.75) is 51.6 Å². The van der Waals surface area contributed by atoms with Crippen LogP contribution in [-0.4, -0.2) is 31.5 Å². The number of benzene rings is 1. The molecule has 1 aromatic carbocycles. The van der Waals surface area contributed by atoms with E-state index in [2.05, 4.69) is 34.7 Å². The van der Waals surface area contributed by atoms with Crippen LogP contribution in [0.15, 0.2) is 29.3 Å². The molecular formula is C19H28N4O. The Kier molecular flexibility index (Phi) is 5.38. The SMILES string of the molecule is CCCC1CC1NC(=NC)NCc1ccc(N2CCCC2=O)cc1. The molecule has 0 spiro atoms. The maximum Gasteiger partial charge on any atom is 0.227 e. The third-order valence-electron chi connectivity index (χ3n) is 4.91. The van der Waals surface area contributed by atoms with E-state index in [0.29, 0.717) is 12.5 Å². The summed E-state index contributed by atoms with van der Waals surface area (Å²) in [5.41, 5.74) is 2.19. The van der Waals surface area contributed by atoms with E-state index in [4.69, 9.17) is 0 Å². The molecule has 1 saturated carbocycles. The molecule has 0 radical (unpaired) electrons. The van der Waals surface area contributed by atoms with E-state index in [1.165, 1.54) is 24.8 Å². The minimum absolute atomic E-state index is 0.233. The average molecular weight is 328 g/mol. The normalized spacial score (nSPS) is 23.5. The van der Waals surface area contributed by atoms with Gasteiger partial charge in [-0.2, -0.15) is 0 Å². The van der Waals surface area contributed by atoms with Gasteiger partial charge in [0.05, 0.1) is 0 Å². The Morgan fingerprint density at radius 1 is 1.33 bits per heavy atom. The van der Waals surface area contributed by atoms with Crippen molar-refractivity contribution in [1.82, 2.24) is 10.6 Å². The topological polar surface area (TPSA) is 56.7 Å². The molecule has 24 heavy (non-hydrogen) atoms. The van der Waals surface area contributed by atoms with Crippen molar-refractivity contribution >= 4 is 17.6 Å². The molecule has 1 aromatic rings. The summed E-state index contributed by atoms with van der Waals surface area (Å²) in [4.78, 5) is 18.0. The Morgan fingerprint density at radius 2 is 2.12 bits per heavy atom. The van der Waals surface area contributed by atoms with Gasteiger partial charge >= 0.3 is 0 Å². The summed E-state index contributed by atoms with van der Waals surface area (Å²) in [5, 5.41) is 6.87. The third kappa shape index (κ3) is 4.08. The van der Waals surface area contributed by atoms with E-state index >= 15 is 0 Å². The highest BCUT2D eigenvalue weighted by Gasteiger charge is 2.36. The van der Waals surface area contributed by atoms with Crippen molar-refractivity contribution in [1.29, 1.82) is 0 Å². The van der Waals surface area contributed by atoms with Crippen LogP contribution >= 0.6 is 0 Å². The Bertz CT molecular complexity index is 596. The molecule has 5 heteroatoms. The summed E-state index contributed by atoms with van der Waals surface area (Å²) < 4.78 is 0. The van der Waals surface area contributed by atoms with Crippen LogP contribution in [0.4, 0.5) is 5.69 Å². The first-order valence-electron chi connectivity index (χ1n) is 9.07. The van der Waals surface area contributed by atoms with Gasteiger partial charge in [0, 0.05) is 38.3 Å². The highest BCUT2D eigenvalue weighted by Crippen LogP contribution is 2.34. The van der Waals surface area contributed by atoms with Crippen LogP contribution in [0.1, 0.15) is 44.6 Å². The molecule has 2 fully saturated rings. The molecule has 2 unspecified atom stereocenters. The summed E-state index contributed by atoms with van der Waals surface area (Å²) in [5.74, 6) is 1.92. The van der Waals surface area contributed by atoms with E-state index in [0.717, 1.165) is 37.1 Å². The summed E-state index contributed by atoms with van der Waals surface area (Å²) >= 11 is 0. The van der Waals surface area contributed by atoms with Gasteiger partial charge in [-0.1, -0.05) is 25.5 Å². The summed E-state index contributed by atoms with van der Waals surface area (Å²) in [6, 6.07) is 8.82. The molecule has 2 N–H and O–H groups in total. The van der Waals surface area contributed by atoms with E-state index < -0.39 is 0 Å². The fourth-order valence-electron chi connectivity index (χ4n) is 3.39. The van der Waals surface area contributed by atoms with Crippen LogP contribution in [0.2, 0.25) is 0 Å². The Morgan fingerprint density at radius 3 is 2.75 bits per heavy atom. The molecule has 130 valence electrons. The van der Waals surface area contributed by atoms with E-state index in [1.807, 2.05) is 24.1 Å². The molecule has 3 rings (SSSR count). The Labute approximate surface area is 144 Å². The van der Waals surface area contributed by atoms with E-state index in [1.54, 1.807) is 0 Å². The first-order valence-corrected chi connectivity index (χ1v) is 9.07. The van der Waals surface area contributed by atoms with Gasteiger partial charge in [0.2, 0.25) is 5.91 Å². The highest BCUT2D eigenvalue weighted by atomic mass is 16.2. The van der Waals surface area contributed by atoms with Gasteiger partial charge in [0.1, 0.15) is 0 Å². The van der Waals surface area contributed by atoms with Gasteiger partial charge in [0.25, 0.3) is 0 Å². The second-order valence-corrected chi connectivity index (χ2v) is 6.78. The Hall–Kier alpha value is -2.04. The quantitative estimate of drug-likeness (QED) is 0.623. The first-order chi connectivity index (χ1) is 11.7. The fraction of sp³-hybridized carbons (Fsp3) is 0.579. The lowest BCUT2D eigenvalue weighted by atomic mass is 10.2. The maximum absolute atomic E-state index is 11.8. The fourth-order valence-corrected chi connectivity index (χ4v) is 3.39. The molecule has 2 atom stereocenters. The lowest BCUT2D eigenvalue weighted by Gasteiger charge is -2.16. The predicted molar refractivity (Wildman–Crippen MR) is 98.2 cm³/mol. The van der Waals surface area contributed by atoms with Crippen molar-refractivity contribution in [3.63, 3.8) is 0 Å². The standard InChI is InChI=1S/C19H28N4O/c1-3-5-15-12-17(15)22-19(20-2)21-13-14-7-9-16(10-8-14)23-11-4-6-18(23)24/h7-10,15,17H,3-6,11-13H2,1-2H3,(H2,20,21,22). The smallest absolute Gasteiger partial charge is 0.227 e. The minimum Gasteiger partial charge on any atom is -0.353 e. The number of nitrogens with one attached hydrogen (secondary N) is 2. The molecule has 1 aliphatic carbocycles. The molecule has 0 bridgehead atoms. The lowest BCUT2D eigenvalue weighted by molar-refractivity contribution is -0.117. The largest absolute Gasteiger partial charge is 0.353 e. The number of aliphatic imine (C=N–C) groups is 1. The number of amides is 1. The number of guanidine groups is 1. The molecule has 2 aliphatic rings. The van der Waals surface area contributed by atoms with Crippen LogP contribution in [0, 0.1) is 5.92 Å². The summed E-state index contributed by atoms with van der Waals surface area (Å²) in [6.45, 7) is 3.81. The van der Waals surface area contributed by atoms with Gasteiger partial charge in [-0.05, 0) is 42.9 Å². The molecule has 1 aliphatic heterocycles. The summed E-state index contributed by atoms with van der Waals surface area (Å²) in [7, 11) is 1.81. The van der Waals surface area contributed by atoms with Crippen molar-refractivity contribution < 1.29 is 4.79 Å². The number of hydrogen-bond donors (Lipinski definition) is 2. The van der Waals surface area contributed by atoms with E-state index in [9.17, 15) is 4.79 Å². The van der Waals surface area contributed by atoms with E-state index in [-0.39, 0.29) is 5.91 Å². The molecule has 1 amide bonds. The van der Waals surface area contributed by atoms with Gasteiger partial charge in [-0.15, -0.1) is 0 Å². The Balaban J connectivity index is 1.48. The van der Waals surface area contributed by atoms with Crippen LogP contribution in [-0.2, 0) is 11.3 Å². The molecule has 1 saturated heterocycles. The summed E-state index contributed by atoms with van der Waals surface area (Å²) in [6.07, 6.45) is 5.44. The third-order valence-corrected chi connectivity index (χ3v) is 4.91. The maximum atomic E-state index is 11.8. The molecular weight excluding hydrogens is 300 g/mol. The molecule has 0 aromatic heterocycles. The number of nitrogens with zero attached hydrogens (tertiary/aromatic N) is 2. The van der Waals surface area contributed by atoms with Crippen LogP contribution in [0.3, 0.4) is 0 Å². The van der Waals surface area contributed by atoms with Crippen molar-refractivity contribution in [3.05, 3.63) is 29.8 Å². The van der Waals surface area contributed by atoms with Crippen LogP contribution in [0.5, 0.6) is 0 Å². The van der Waals surface area contributed by atoms with Crippen LogP contribution in [0.25, 0.3) is 0 Å². The van der Waals surface area contributed by atoms with Crippen LogP contribution < -0.4 is 15.5 Å². The number of carbonyl (C=O) groups excluding carboxylic acids is 1. The molecule has 5 nitrogen and oxygen atoms in total. The minimum atomic E-state index is 0.233. The zero-order chi connectivity index (χ0) is 16.9. The number of anilines is 1. The first kappa shape index (κ1) is 16.8. The average Bonchev–Trinajstić information content (AvgIpc) is 3.18. The van der Waals surface area contributed by atoms with Gasteiger partial charge < -0.3 is 15.5 Å². The highest BCUT2D eigenvalue weighted by molar-refractivity contribution is 5.95. The zero-order valence-corrected chi connectivity index (χ0v) is 14.7. The monoisotopic (exact) mass is 328 g/mol. The van der Waals surface area contributed by atoms with Gasteiger partial charge in [0.15, 0.2) is 5.96 Å². The van der Waals surface area contributed by atoms with Gasteiger partial charge in [-0.3, -0.25) is 9.79 Å². The second-order valence-electron chi connectivity index (χ2n) is 6.78. The number of rotatable bonds is 6. The van der Waals surface area contributed by atoms with Crippen molar-refractivity contribution in [3.8, 4) is 0 Å². The van der Waals surface area contributed by atoms with Crippen molar-refractivity contribution in [2.75, 3.05) is 18.5 Å². The number of hydrogen-bond acceptors (Lipinski definition) is 2. The molecule has 1 heterocycles. The van der Waals surface area contributed by atoms with Crippen molar-refractivity contribution in [2.24, 2.45) is 10.9 Å². The predicted octanol–water partition coefficient (Wildman–Crippen LogP) is 2.67. The number of carbonyl (C=O) groups is 1.